The molecule has 30 heavy (non-hydrogen) atoms. The summed E-state index contributed by atoms with van der Waals surface area (Å²) in [7, 11) is 0. The fraction of sp³-hybridized carbons (Fsp3) is 0.375. The van der Waals surface area contributed by atoms with E-state index in [1.165, 1.54) is 30.0 Å². The first kappa shape index (κ1) is 19.0. The maximum Gasteiger partial charge on any atom is 0.255 e. The second kappa shape index (κ2) is 8.01. The molecule has 0 atom stereocenters. The molecular formula is C24H25FN4O. The van der Waals surface area contributed by atoms with Crippen LogP contribution < -0.4 is 5.32 Å². The Morgan fingerprint density at radius 3 is 2.63 bits per heavy atom. The Morgan fingerprint density at radius 1 is 0.900 bits per heavy atom. The average Bonchev–Trinajstić information content (AvgIpc) is 3.03. The first-order valence-corrected chi connectivity index (χ1v) is 10.8. The van der Waals surface area contributed by atoms with Crippen LogP contribution in [-0.2, 0) is 25.8 Å². The van der Waals surface area contributed by atoms with E-state index in [4.69, 9.17) is 0 Å². The molecule has 0 unspecified atom stereocenters. The van der Waals surface area contributed by atoms with Gasteiger partial charge < -0.3 is 9.88 Å². The molecular weight excluding hydrogens is 379 g/mol. The molecule has 0 bridgehead atoms. The Bertz CT molecular complexity index is 1100. The van der Waals surface area contributed by atoms with E-state index in [0.29, 0.717) is 5.56 Å². The number of carbonyl (C=O) groups excluding carboxylic acids is 1. The van der Waals surface area contributed by atoms with Crippen LogP contribution in [-0.4, -0.2) is 20.7 Å². The Hall–Kier alpha value is -3.02. The fourth-order valence-electron chi connectivity index (χ4n) is 4.53. The lowest BCUT2D eigenvalue weighted by Gasteiger charge is -2.16. The number of aromatic nitrogens is 3. The van der Waals surface area contributed by atoms with E-state index >= 15 is 0 Å². The van der Waals surface area contributed by atoms with Gasteiger partial charge in [-0.3, -0.25) is 4.79 Å². The van der Waals surface area contributed by atoms with Crippen LogP contribution in [0.3, 0.4) is 0 Å². The topological polar surface area (TPSA) is 59.8 Å². The predicted octanol–water partition coefficient (Wildman–Crippen LogP) is 4.94. The van der Waals surface area contributed by atoms with Gasteiger partial charge in [-0.2, -0.15) is 0 Å². The molecule has 0 saturated heterocycles. The predicted molar refractivity (Wildman–Crippen MR) is 114 cm³/mol. The molecule has 5 rings (SSSR count). The molecule has 2 aromatic carbocycles. The molecule has 0 fully saturated rings. The molecule has 5 nitrogen and oxygen atoms in total. The minimum absolute atomic E-state index is 0.168. The van der Waals surface area contributed by atoms with Crippen molar-refractivity contribution in [1.29, 1.82) is 0 Å². The summed E-state index contributed by atoms with van der Waals surface area (Å²) >= 11 is 0. The second-order valence-electron chi connectivity index (χ2n) is 8.24. The summed E-state index contributed by atoms with van der Waals surface area (Å²) in [5.74, 6) is 0.961. The van der Waals surface area contributed by atoms with Crippen molar-refractivity contribution in [3.8, 4) is 11.4 Å². The number of fused-ring (bicyclic) bond motifs is 2. The van der Waals surface area contributed by atoms with Gasteiger partial charge in [0.1, 0.15) is 11.6 Å². The number of carbonyl (C=O) groups is 1. The summed E-state index contributed by atoms with van der Waals surface area (Å²) in [6.45, 7) is 0.867. The highest BCUT2D eigenvalue weighted by atomic mass is 19.1. The van der Waals surface area contributed by atoms with Gasteiger partial charge in [-0.25, -0.2) is 4.39 Å². The average molecular weight is 404 g/mol. The Morgan fingerprint density at radius 2 is 1.73 bits per heavy atom. The molecule has 2 aliphatic rings. The first-order chi connectivity index (χ1) is 14.7. The lowest BCUT2D eigenvalue weighted by atomic mass is 9.90. The van der Waals surface area contributed by atoms with E-state index in [2.05, 4.69) is 20.1 Å². The van der Waals surface area contributed by atoms with Crippen molar-refractivity contribution in [2.75, 3.05) is 5.32 Å². The van der Waals surface area contributed by atoms with Crippen LogP contribution in [0.5, 0.6) is 0 Å². The van der Waals surface area contributed by atoms with Crippen molar-refractivity contribution < 1.29 is 9.18 Å². The minimum atomic E-state index is -0.458. The molecule has 2 heterocycles. The van der Waals surface area contributed by atoms with Crippen molar-refractivity contribution in [3.05, 3.63) is 64.7 Å². The highest BCUT2D eigenvalue weighted by molar-refractivity contribution is 6.04. The number of benzene rings is 2. The van der Waals surface area contributed by atoms with Crippen LogP contribution in [0.4, 0.5) is 10.1 Å². The summed E-state index contributed by atoms with van der Waals surface area (Å²) in [5, 5.41) is 11.4. The fourth-order valence-corrected chi connectivity index (χ4v) is 4.53. The highest BCUT2D eigenvalue weighted by Crippen LogP contribution is 2.27. The van der Waals surface area contributed by atoms with E-state index in [1.807, 2.05) is 18.2 Å². The second-order valence-corrected chi connectivity index (χ2v) is 8.24. The molecule has 1 aliphatic heterocycles. The van der Waals surface area contributed by atoms with E-state index < -0.39 is 5.82 Å². The van der Waals surface area contributed by atoms with Crippen LogP contribution >= 0.6 is 0 Å². The number of halogens is 1. The van der Waals surface area contributed by atoms with Gasteiger partial charge in [-0.1, -0.05) is 12.5 Å². The van der Waals surface area contributed by atoms with Crippen molar-refractivity contribution >= 4 is 11.6 Å². The third-order valence-corrected chi connectivity index (χ3v) is 6.19. The third-order valence-electron chi connectivity index (χ3n) is 6.19. The van der Waals surface area contributed by atoms with Gasteiger partial charge in [0.25, 0.3) is 5.91 Å². The first-order valence-electron chi connectivity index (χ1n) is 10.8. The van der Waals surface area contributed by atoms with Gasteiger partial charge in [0.05, 0.1) is 5.69 Å². The molecule has 0 spiro atoms. The summed E-state index contributed by atoms with van der Waals surface area (Å²) in [6, 6.07) is 10.6. The van der Waals surface area contributed by atoms with Crippen LogP contribution in [0, 0.1) is 5.82 Å². The maximum absolute atomic E-state index is 14.5. The quantitative estimate of drug-likeness (QED) is 0.672. The standard InChI is InChI=1S/C24H25FN4O/c25-20-12-11-18(23-28-27-22-8-2-1-5-13-29(22)23)15-21(20)26-24(30)19-10-9-16-6-3-4-7-17(16)14-19/h9-12,14-15H,1-8,13H2,(H,26,30). The van der Waals surface area contributed by atoms with E-state index in [0.717, 1.165) is 62.3 Å². The van der Waals surface area contributed by atoms with E-state index in [9.17, 15) is 9.18 Å². The number of nitrogens with one attached hydrogen (secondary N) is 1. The smallest absolute Gasteiger partial charge is 0.255 e. The van der Waals surface area contributed by atoms with E-state index in [-0.39, 0.29) is 11.6 Å². The molecule has 1 aromatic heterocycles. The molecule has 1 amide bonds. The molecule has 154 valence electrons. The molecule has 6 heteroatoms. The molecule has 0 saturated carbocycles. The number of rotatable bonds is 3. The third kappa shape index (κ3) is 3.62. The van der Waals surface area contributed by atoms with Gasteiger partial charge >= 0.3 is 0 Å². The number of hydrogen-bond acceptors (Lipinski definition) is 3. The number of anilines is 1. The Balaban J connectivity index is 1.42. The normalized spacial score (nSPS) is 15.8. The SMILES string of the molecule is O=C(Nc1cc(-c2nnc3n2CCCCC3)ccc1F)c1ccc2c(c1)CCCC2. The number of aryl methyl sites for hydroxylation is 3. The van der Waals surface area contributed by atoms with Crippen molar-refractivity contribution in [2.45, 2.75) is 57.9 Å². The van der Waals surface area contributed by atoms with Crippen LogP contribution in [0.2, 0.25) is 0 Å². The monoisotopic (exact) mass is 404 g/mol. The van der Waals surface area contributed by atoms with Crippen molar-refractivity contribution in [2.24, 2.45) is 0 Å². The van der Waals surface area contributed by atoms with Gasteiger partial charge in [0.2, 0.25) is 0 Å². The molecule has 1 N–H and O–H groups in total. The van der Waals surface area contributed by atoms with Gasteiger partial charge in [-0.15, -0.1) is 10.2 Å². The number of amides is 1. The van der Waals surface area contributed by atoms with Crippen LogP contribution in [0.15, 0.2) is 36.4 Å². The number of nitrogens with zero attached hydrogens (tertiary/aromatic N) is 3. The molecule has 3 aromatic rings. The zero-order chi connectivity index (χ0) is 20.5. The molecule has 1 aliphatic carbocycles. The Kier molecular flexibility index (Phi) is 5.07. The zero-order valence-corrected chi connectivity index (χ0v) is 17.0. The summed E-state index contributed by atoms with van der Waals surface area (Å²) in [5.41, 5.74) is 4.04. The van der Waals surface area contributed by atoms with Crippen molar-refractivity contribution in [3.63, 3.8) is 0 Å². The van der Waals surface area contributed by atoms with Crippen molar-refractivity contribution in [1.82, 2.24) is 14.8 Å². The van der Waals surface area contributed by atoms with E-state index in [1.54, 1.807) is 12.1 Å². The summed E-state index contributed by atoms with van der Waals surface area (Å²) in [6.07, 6.45) is 8.70. The van der Waals surface area contributed by atoms with Gasteiger partial charge in [-0.05, 0) is 80.0 Å². The lowest BCUT2D eigenvalue weighted by Crippen LogP contribution is -2.14. The minimum Gasteiger partial charge on any atom is -0.319 e. The lowest BCUT2D eigenvalue weighted by molar-refractivity contribution is 0.102. The summed E-state index contributed by atoms with van der Waals surface area (Å²) in [4.78, 5) is 12.8. The highest BCUT2D eigenvalue weighted by Gasteiger charge is 2.19. The number of hydrogen-bond donors (Lipinski definition) is 1. The maximum atomic E-state index is 14.5. The van der Waals surface area contributed by atoms with Gasteiger partial charge in [0, 0.05) is 24.1 Å². The zero-order valence-electron chi connectivity index (χ0n) is 17.0. The van der Waals surface area contributed by atoms with Crippen LogP contribution in [0.25, 0.3) is 11.4 Å². The molecule has 0 radical (unpaired) electrons. The largest absolute Gasteiger partial charge is 0.319 e. The Labute approximate surface area is 175 Å². The van der Waals surface area contributed by atoms with Gasteiger partial charge in [0.15, 0.2) is 5.82 Å². The van der Waals surface area contributed by atoms with Crippen LogP contribution in [0.1, 0.15) is 59.4 Å². The summed E-state index contributed by atoms with van der Waals surface area (Å²) < 4.78 is 16.6.